The Morgan fingerprint density at radius 3 is 3.00 bits per heavy atom. The van der Waals surface area contributed by atoms with Crippen LogP contribution in [-0.2, 0) is 14.3 Å². The van der Waals surface area contributed by atoms with Crippen molar-refractivity contribution < 1.29 is 14.3 Å². The van der Waals surface area contributed by atoms with Gasteiger partial charge in [0.25, 0.3) is 0 Å². The molecule has 0 aromatic rings. The van der Waals surface area contributed by atoms with Gasteiger partial charge in [-0.1, -0.05) is 0 Å². The van der Waals surface area contributed by atoms with Crippen LogP contribution in [0.25, 0.3) is 0 Å². The monoisotopic (exact) mass is 206 g/mol. The molecule has 1 heterocycles. The van der Waals surface area contributed by atoms with Crippen LogP contribution in [0.2, 0.25) is 0 Å². The topological polar surface area (TPSA) is 35.5 Å². The van der Waals surface area contributed by atoms with E-state index in [-0.39, 0.29) is 11.4 Å². The van der Waals surface area contributed by atoms with Crippen molar-refractivity contribution in [3.63, 3.8) is 0 Å². The second-order valence-corrected chi connectivity index (χ2v) is 4.36. The molecule has 0 bridgehead atoms. The van der Waals surface area contributed by atoms with Crippen LogP contribution in [-0.4, -0.2) is 30.7 Å². The zero-order valence-electron chi connectivity index (χ0n) is 6.90. The number of hydrogen-bond acceptors (Lipinski definition) is 5. The second kappa shape index (κ2) is 4.79. The van der Waals surface area contributed by atoms with Crippen molar-refractivity contribution in [2.45, 2.75) is 5.44 Å². The number of esters is 1. The lowest BCUT2D eigenvalue weighted by atomic mass is 10.3. The van der Waals surface area contributed by atoms with Crippen molar-refractivity contribution in [1.82, 2.24) is 0 Å². The first-order chi connectivity index (χ1) is 5.79. The molecular formula is C7H10O3S2. The summed E-state index contributed by atoms with van der Waals surface area (Å²) in [5, 5.41) is 2.72. The minimum atomic E-state index is -0.304. The summed E-state index contributed by atoms with van der Waals surface area (Å²) in [7, 11) is 2.96. The van der Waals surface area contributed by atoms with Crippen molar-refractivity contribution in [3.8, 4) is 0 Å². The van der Waals surface area contributed by atoms with E-state index in [0.29, 0.717) is 5.57 Å². The number of carbonyl (C=O) groups excluding carboxylic acids is 1. The molecule has 1 aliphatic rings. The summed E-state index contributed by atoms with van der Waals surface area (Å²) >= 11 is 3.17. The van der Waals surface area contributed by atoms with E-state index in [1.165, 1.54) is 7.11 Å². The Balaban J connectivity index is 2.70. The van der Waals surface area contributed by atoms with Crippen molar-refractivity contribution in [2.24, 2.45) is 0 Å². The number of thioether (sulfide) groups is 2. The molecule has 0 aromatic carbocycles. The van der Waals surface area contributed by atoms with E-state index in [9.17, 15) is 4.79 Å². The maximum Gasteiger partial charge on any atom is 0.337 e. The van der Waals surface area contributed by atoms with Gasteiger partial charge in [-0.2, -0.15) is 0 Å². The minimum Gasteiger partial charge on any atom is -0.466 e. The van der Waals surface area contributed by atoms with Crippen molar-refractivity contribution in [3.05, 3.63) is 11.0 Å². The Morgan fingerprint density at radius 2 is 2.42 bits per heavy atom. The van der Waals surface area contributed by atoms with Gasteiger partial charge in [-0.3, -0.25) is 0 Å². The summed E-state index contributed by atoms with van der Waals surface area (Å²) < 4.78 is 9.72. The van der Waals surface area contributed by atoms with Gasteiger partial charge in [0.1, 0.15) is 5.44 Å². The van der Waals surface area contributed by atoms with Crippen LogP contribution in [0.15, 0.2) is 11.0 Å². The molecule has 0 saturated heterocycles. The lowest BCUT2D eigenvalue weighted by molar-refractivity contribution is -0.136. The minimum absolute atomic E-state index is 0.168. The molecule has 0 N–H and O–H groups in total. The van der Waals surface area contributed by atoms with E-state index in [4.69, 9.17) is 4.74 Å². The molecule has 68 valence electrons. The molecule has 1 atom stereocenters. The highest BCUT2D eigenvalue weighted by Gasteiger charge is 2.24. The standard InChI is InChI=1S/C7H10O3S2/c1-9-6(8)5-3-11-4-12-7(5)10-2/h3,7H,4H2,1-2H3. The normalized spacial score (nSPS) is 23.2. The first-order valence-corrected chi connectivity index (χ1v) is 5.43. The average Bonchev–Trinajstić information content (AvgIpc) is 2.16. The fourth-order valence-electron chi connectivity index (χ4n) is 0.827. The van der Waals surface area contributed by atoms with Gasteiger partial charge < -0.3 is 9.47 Å². The molecular weight excluding hydrogens is 196 g/mol. The maximum absolute atomic E-state index is 11.1. The summed E-state index contributed by atoms with van der Waals surface area (Å²) in [4.78, 5) is 11.1. The van der Waals surface area contributed by atoms with Crippen LogP contribution in [0.1, 0.15) is 0 Å². The van der Waals surface area contributed by atoms with Gasteiger partial charge in [0, 0.05) is 12.2 Å². The van der Waals surface area contributed by atoms with Gasteiger partial charge in [0.15, 0.2) is 0 Å². The third-order valence-corrected chi connectivity index (χ3v) is 3.65. The van der Waals surface area contributed by atoms with E-state index in [1.54, 1.807) is 36.0 Å². The van der Waals surface area contributed by atoms with E-state index in [0.717, 1.165) is 5.08 Å². The summed E-state index contributed by atoms with van der Waals surface area (Å²) in [5.74, 6) is -0.304. The van der Waals surface area contributed by atoms with Gasteiger partial charge in [0.2, 0.25) is 0 Å². The zero-order valence-corrected chi connectivity index (χ0v) is 8.54. The van der Waals surface area contributed by atoms with Crippen molar-refractivity contribution in [1.29, 1.82) is 0 Å². The molecule has 1 rings (SSSR count). The lowest BCUT2D eigenvalue weighted by Crippen LogP contribution is -2.20. The maximum atomic E-state index is 11.1. The first-order valence-electron chi connectivity index (χ1n) is 3.34. The van der Waals surface area contributed by atoms with Crippen LogP contribution in [0.3, 0.4) is 0 Å². The molecule has 0 spiro atoms. The molecule has 0 aromatic heterocycles. The van der Waals surface area contributed by atoms with Gasteiger partial charge in [-0.05, 0) is 5.41 Å². The molecule has 1 aliphatic heterocycles. The van der Waals surface area contributed by atoms with Crippen LogP contribution < -0.4 is 0 Å². The van der Waals surface area contributed by atoms with Gasteiger partial charge in [-0.25, -0.2) is 4.79 Å². The van der Waals surface area contributed by atoms with Crippen molar-refractivity contribution >= 4 is 29.5 Å². The highest BCUT2D eigenvalue weighted by atomic mass is 32.2. The molecule has 0 aliphatic carbocycles. The Bertz CT molecular complexity index is 203. The largest absolute Gasteiger partial charge is 0.466 e. The predicted octanol–water partition coefficient (Wildman–Crippen LogP) is 1.45. The van der Waals surface area contributed by atoms with Crippen molar-refractivity contribution in [2.75, 3.05) is 19.3 Å². The third kappa shape index (κ3) is 2.18. The van der Waals surface area contributed by atoms with Gasteiger partial charge in [0.05, 0.1) is 12.7 Å². The van der Waals surface area contributed by atoms with Gasteiger partial charge >= 0.3 is 5.97 Å². The smallest absolute Gasteiger partial charge is 0.337 e. The molecule has 0 amide bonds. The molecule has 3 nitrogen and oxygen atoms in total. The zero-order chi connectivity index (χ0) is 8.97. The van der Waals surface area contributed by atoms with Crippen LogP contribution in [0.4, 0.5) is 0 Å². The Kier molecular flexibility index (Phi) is 3.97. The molecule has 0 fully saturated rings. The molecule has 0 radical (unpaired) electrons. The molecule has 0 saturated carbocycles. The van der Waals surface area contributed by atoms with Crippen LogP contribution in [0, 0.1) is 0 Å². The fourth-order valence-corrected chi connectivity index (χ4v) is 2.87. The second-order valence-electron chi connectivity index (χ2n) is 2.08. The number of methoxy groups -OCH3 is 2. The van der Waals surface area contributed by atoms with E-state index in [1.807, 2.05) is 0 Å². The van der Waals surface area contributed by atoms with Crippen LogP contribution in [0.5, 0.6) is 0 Å². The first kappa shape index (κ1) is 9.95. The molecule has 1 unspecified atom stereocenters. The summed E-state index contributed by atoms with van der Waals surface area (Å²) in [6.45, 7) is 0. The molecule has 5 heteroatoms. The molecule has 12 heavy (non-hydrogen) atoms. The SMILES string of the molecule is COC(=O)C1=CSCSC1OC. The number of hydrogen-bond donors (Lipinski definition) is 0. The Hall–Kier alpha value is -0.130. The lowest BCUT2D eigenvalue weighted by Gasteiger charge is -2.19. The van der Waals surface area contributed by atoms with E-state index >= 15 is 0 Å². The summed E-state index contributed by atoms with van der Waals surface area (Å²) in [6, 6.07) is 0. The van der Waals surface area contributed by atoms with Gasteiger partial charge in [-0.15, -0.1) is 23.5 Å². The summed E-state index contributed by atoms with van der Waals surface area (Å²) in [6.07, 6.45) is 0. The predicted molar refractivity (Wildman–Crippen MR) is 50.9 cm³/mol. The third-order valence-electron chi connectivity index (χ3n) is 1.39. The quantitative estimate of drug-likeness (QED) is 0.639. The number of rotatable bonds is 2. The Morgan fingerprint density at radius 1 is 1.67 bits per heavy atom. The average molecular weight is 206 g/mol. The number of ether oxygens (including phenoxy) is 2. The van der Waals surface area contributed by atoms with Crippen LogP contribution >= 0.6 is 23.5 Å². The fraction of sp³-hybridized carbons (Fsp3) is 0.571. The van der Waals surface area contributed by atoms with E-state index < -0.39 is 0 Å². The summed E-state index contributed by atoms with van der Waals surface area (Å²) in [5.41, 5.74) is 0.431. The van der Waals surface area contributed by atoms with E-state index in [2.05, 4.69) is 4.74 Å². The highest BCUT2D eigenvalue weighted by Crippen LogP contribution is 2.32. The number of carbonyl (C=O) groups is 1. The Labute approximate surface area is 79.9 Å². The highest BCUT2D eigenvalue weighted by molar-refractivity contribution is 8.18.